The molecule has 1 aliphatic heterocycles. The third kappa shape index (κ3) is 44.2. The van der Waals surface area contributed by atoms with Crippen LogP contribution in [0.1, 0.15) is 316 Å². The lowest BCUT2D eigenvalue weighted by atomic mass is 9.99. The molecule has 468 valence electrons. The van der Waals surface area contributed by atoms with E-state index >= 15 is 0 Å². The summed E-state index contributed by atoms with van der Waals surface area (Å²) in [7, 11) is 0. The minimum atomic E-state index is -1.62. The molecule has 0 aliphatic carbocycles. The van der Waals surface area contributed by atoms with Gasteiger partial charge in [-0.15, -0.1) is 0 Å². The molecule has 11 nitrogen and oxygen atoms in total. The Hall–Kier alpha value is -2.38. The van der Waals surface area contributed by atoms with Crippen LogP contribution in [0.2, 0.25) is 0 Å². The topological polar surface area (TPSA) is 175 Å². The first kappa shape index (κ1) is 75.6. The highest BCUT2D eigenvalue weighted by Crippen LogP contribution is 2.26. The second-order valence-corrected chi connectivity index (χ2v) is 23.6. The Kier molecular flexibility index (Phi) is 54.0. The summed E-state index contributed by atoms with van der Waals surface area (Å²) in [6, 6.07) is -1.02. The first-order valence-electron chi connectivity index (χ1n) is 33.9. The number of amides is 1. The van der Waals surface area contributed by atoms with E-state index in [0.29, 0.717) is 19.3 Å². The minimum Gasteiger partial charge on any atom is -0.454 e. The highest BCUT2D eigenvalue weighted by Gasteiger charge is 2.47. The van der Waals surface area contributed by atoms with Crippen LogP contribution in [-0.2, 0) is 23.8 Å². The maximum absolute atomic E-state index is 13.5. The van der Waals surface area contributed by atoms with Crippen LogP contribution >= 0.6 is 0 Å². The van der Waals surface area contributed by atoms with E-state index in [1.165, 1.54) is 180 Å². The Labute approximate surface area is 491 Å². The lowest BCUT2D eigenvalue weighted by molar-refractivity contribution is -0.305. The van der Waals surface area contributed by atoms with Crippen LogP contribution in [0.25, 0.3) is 0 Å². The summed E-state index contributed by atoms with van der Waals surface area (Å²) in [5.74, 6) is -1.20. The van der Waals surface area contributed by atoms with Gasteiger partial charge in [0.2, 0.25) is 5.91 Å². The van der Waals surface area contributed by atoms with Gasteiger partial charge in [0, 0.05) is 6.42 Å². The maximum atomic E-state index is 13.5. The summed E-state index contributed by atoms with van der Waals surface area (Å²) < 4.78 is 17.6. The molecule has 0 aromatic carbocycles. The molecule has 8 atom stereocenters. The quantitative estimate of drug-likeness (QED) is 0.0149. The van der Waals surface area contributed by atoms with Crippen LogP contribution in [0.5, 0.6) is 0 Å². The van der Waals surface area contributed by atoms with Crippen molar-refractivity contribution in [3.8, 4) is 0 Å². The Balaban J connectivity index is 2.58. The summed E-state index contributed by atoms with van der Waals surface area (Å²) in [5.41, 5.74) is 0. The van der Waals surface area contributed by atoms with Crippen LogP contribution in [-0.4, -0.2) is 99.6 Å². The lowest BCUT2D eigenvalue weighted by Gasteiger charge is -2.41. The lowest BCUT2D eigenvalue weighted by Crippen LogP contribution is -2.61. The Morgan fingerprint density at radius 2 is 0.900 bits per heavy atom. The van der Waals surface area contributed by atoms with E-state index in [2.05, 4.69) is 56.5 Å². The molecular formula is C69H127NO10. The van der Waals surface area contributed by atoms with Crippen molar-refractivity contribution in [3.63, 3.8) is 0 Å². The Bertz CT molecular complexity index is 1490. The van der Waals surface area contributed by atoms with Gasteiger partial charge in [-0.3, -0.25) is 9.59 Å². The van der Waals surface area contributed by atoms with Gasteiger partial charge in [0.25, 0.3) is 0 Å². The smallest absolute Gasteiger partial charge is 0.306 e. The normalized spacial score (nSPS) is 19.0. The predicted octanol–water partition coefficient (Wildman–Crippen LogP) is 16.8. The van der Waals surface area contributed by atoms with Gasteiger partial charge in [0.1, 0.15) is 24.4 Å². The fourth-order valence-electron chi connectivity index (χ4n) is 10.7. The molecule has 6 N–H and O–H groups in total. The molecule has 1 rings (SSSR count). The van der Waals surface area contributed by atoms with E-state index in [-0.39, 0.29) is 13.0 Å². The number of hydrogen-bond acceptors (Lipinski definition) is 10. The maximum Gasteiger partial charge on any atom is 0.306 e. The van der Waals surface area contributed by atoms with Crippen LogP contribution < -0.4 is 5.32 Å². The highest BCUT2D eigenvalue weighted by molar-refractivity contribution is 5.80. The number of allylic oxidation sites excluding steroid dienone is 7. The van der Waals surface area contributed by atoms with Crippen molar-refractivity contribution in [2.75, 3.05) is 13.2 Å². The van der Waals surface area contributed by atoms with E-state index in [4.69, 9.17) is 14.2 Å². The van der Waals surface area contributed by atoms with E-state index < -0.39 is 67.4 Å². The molecule has 0 saturated carbocycles. The summed E-state index contributed by atoms with van der Waals surface area (Å²) in [6.45, 7) is 5.69. The molecular weight excluding hydrogens is 1000 g/mol. The highest BCUT2D eigenvalue weighted by atomic mass is 16.7. The van der Waals surface area contributed by atoms with Crippen LogP contribution in [0, 0.1) is 0 Å². The first-order valence-corrected chi connectivity index (χ1v) is 33.9. The summed E-state index contributed by atoms with van der Waals surface area (Å²) >= 11 is 0. The molecule has 1 aliphatic rings. The van der Waals surface area contributed by atoms with Gasteiger partial charge in [0.15, 0.2) is 12.4 Å². The predicted molar refractivity (Wildman–Crippen MR) is 334 cm³/mol. The van der Waals surface area contributed by atoms with Crippen molar-refractivity contribution < 1.29 is 49.3 Å². The zero-order chi connectivity index (χ0) is 58.2. The number of unbranched alkanes of at least 4 members (excludes halogenated alkanes) is 40. The van der Waals surface area contributed by atoms with Gasteiger partial charge >= 0.3 is 5.97 Å². The molecule has 1 amide bonds. The van der Waals surface area contributed by atoms with Gasteiger partial charge in [-0.2, -0.15) is 0 Å². The third-order valence-corrected chi connectivity index (χ3v) is 16.1. The summed E-state index contributed by atoms with van der Waals surface area (Å²) in [4.78, 5) is 26.6. The number of aliphatic hydroxyl groups is 5. The molecule has 0 spiro atoms. The van der Waals surface area contributed by atoms with Gasteiger partial charge in [-0.1, -0.05) is 313 Å². The number of carbonyl (C=O) groups is 2. The number of aliphatic hydroxyl groups excluding tert-OH is 5. The van der Waals surface area contributed by atoms with E-state index in [1.807, 2.05) is 12.2 Å². The molecule has 0 aromatic heterocycles. The molecule has 1 heterocycles. The monoisotopic (exact) mass is 1130 g/mol. The minimum absolute atomic E-state index is 0.111. The summed E-state index contributed by atoms with van der Waals surface area (Å²) in [6.07, 6.45) is 60.2. The Morgan fingerprint density at radius 1 is 0.500 bits per heavy atom. The second-order valence-electron chi connectivity index (χ2n) is 23.6. The number of nitrogens with one attached hydrogen (secondary N) is 1. The zero-order valence-electron chi connectivity index (χ0n) is 52.0. The van der Waals surface area contributed by atoms with Gasteiger partial charge < -0.3 is 45.1 Å². The van der Waals surface area contributed by atoms with Gasteiger partial charge in [0.05, 0.1) is 25.4 Å². The molecule has 80 heavy (non-hydrogen) atoms. The van der Waals surface area contributed by atoms with Crippen molar-refractivity contribution in [3.05, 3.63) is 48.6 Å². The second kappa shape index (κ2) is 57.1. The number of rotatable bonds is 58. The number of esters is 1. The van der Waals surface area contributed by atoms with Gasteiger partial charge in [-0.05, 0) is 44.9 Å². The van der Waals surface area contributed by atoms with Crippen molar-refractivity contribution in [1.29, 1.82) is 0 Å². The first-order chi connectivity index (χ1) is 39.2. The standard InChI is InChI=1S/C69H127NO10/c1-4-7-10-13-16-19-22-25-27-28-29-30-31-32-33-34-35-37-38-41-44-47-50-53-56-62(73)68(77)70-60(61(72)55-52-49-46-43-40-24-21-18-15-12-9-6-3)59-78-69-67(66(76)65(75)63(58-71)79-69)80-64(74)57-54-51-48-45-42-39-36-26-23-20-17-14-11-8-5-2/h8,11,14,17,20,23,52,55,60-63,65-67,69,71-73,75-76H,4-7,9-10,12-13,15-16,18-19,21-22,24-51,53-54,56-59H2,1-3H3,(H,70,77)/b11-8+,17-14+,23-20+,55-52+. The van der Waals surface area contributed by atoms with Crippen LogP contribution in [0.15, 0.2) is 48.6 Å². The van der Waals surface area contributed by atoms with Crippen molar-refractivity contribution in [2.24, 2.45) is 0 Å². The fourth-order valence-corrected chi connectivity index (χ4v) is 10.7. The fraction of sp³-hybridized carbons (Fsp3) is 0.855. The van der Waals surface area contributed by atoms with Crippen LogP contribution in [0.3, 0.4) is 0 Å². The Morgan fingerprint density at radius 3 is 1.34 bits per heavy atom. The van der Waals surface area contributed by atoms with E-state index in [0.717, 1.165) is 89.9 Å². The largest absolute Gasteiger partial charge is 0.454 e. The molecule has 11 heteroatoms. The van der Waals surface area contributed by atoms with Crippen molar-refractivity contribution in [2.45, 2.75) is 365 Å². The molecule has 1 fully saturated rings. The number of hydrogen-bond donors (Lipinski definition) is 6. The zero-order valence-corrected chi connectivity index (χ0v) is 52.0. The van der Waals surface area contributed by atoms with E-state index in [9.17, 15) is 35.1 Å². The number of carbonyl (C=O) groups excluding carboxylic acids is 2. The van der Waals surface area contributed by atoms with Gasteiger partial charge in [-0.25, -0.2) is 0 Å². The van der Waals surface area contributed by atoms with Crippen molar-refractivity contribution >= 4 is 11.9 Å². The average Bonchev–Trinajstić information content (AvgIpc) is 3.48. The van der Waals surface area contributed by atoms with Crippen LogP contribution in [0.4, 0.5) is 0 Å². The SMILES string of the molecule is CC/C=C/C=C/C=C/CCCCCCCCCC(=O)OC1C(OCC(NC(=O)C(O)CCCCCCCCCCCCCCCCCCCCCCCCCC)C(O)/C=C/CCCCCCCCCCCC)OC(CO)C(O)C1O. The van der Waals surface area contributed by atoms with Crippen molar-refractivity contribution in [1.82, 2.24) is 5.32 Å². The number of ether oxygens (including phenoxy) is 3. The molecule has 0 aromatic rings. The average molecular weight is 1130 g/mol. The molecule has 0 bridgehead atoms. The molecule has 8 unspecified atom stereocenters. The van der Waals surface area contributed by atoms with E-state index in [1.54, 1.807) is 6.08 Å². The summed E-state index contributed by atoms with van der Waals surface area (Å²) in [5, 5.41) is 57.1. The third-order valence-electron chi connectivity index (χ3n) is 16.1. The molecule has 0 radical (unpaired) electrons. The molecule has 1 saturated heterocycles.